The van der Waals surface area contributed by atoms with E-state index in [2.05, 4.69) is 10.1 Å². The molecule has 5 nitrogen and oxygen atoms in total. The molecule has 198 valence electrons. The van der Waals surface area contributed by atoms with Crippen molar-refractivity contribution in [2.24, 2.45) is 5.92 Å². The van der Waals surface area contributed by atoms with E-state index >= 15 is 0 Å². The molecule has 1 aromatic heterocycles. The predicted octanol–water partition coefficient (Wildman–Crippen LogP) is 7.12. The summed E-state index contributed by atoms with van der Waals surface area (Å²) >= 11 is 1.33. The molecule has 0 fully saturated rings. The average molecular weight is 534 g/mol. The fraction of sp³-hybridized carbons (Fsp3) is 0.357. The van der Waals surface area contributed by atoms with E-state index in [0.717, 1.165) is 33.7 Å². The third kappa shape index (κ3) is 7.13. The van der Waals surface area contributed by atoms with Crippen molar-refractivity contribution in [1.29, 1.82) is 0 Å². The number of hydrogen-bond acceptors (Lipinski definition) is 5. The molecule has 1 amide bonds. The molecule has 0 saturated heterocycles. The molecular formula is C28H30F3NO4S. The highest BCUT2D eigenvalue weighted by molar-refractivity contribution is 7.14. The van der Waals surface area contributed by atoms with Crippen molar-refractivity contribution < 1.29 is 32.2 Å². The first kappa shape index (κ1) is 28.2. The Bertz CT molecular complexity index is 1230. The van der Waals surface area contributed by atoms with Gasteiger partial charge in [-0.1, -0.05) is 26.0 Å². The van der Waals surface area contributed by atoms with Gasteiger partial charge in [-0.25, -0.2) is 0 Å². The molecule has 0 aliphatic rings. The molecule has 9 heteroatoms. The molecular weight excluding hydrogens is 503 g/mol. The van der Waals surface area contributed by atoms with Crippen molar-refractivity contribution in [3.8, 4) is 16.9 Å². The lowest BCUT2D eigenvalue weighted by molar-refractivity contribution is -0.140. The monoisotopic (exact) mass is 533 g/mol. The van der Waals surface area contributed by atoms with Crippen LogP contribution in [0.2, 0.25) is 0 Å². The number of nitrogens with one attached hydrogen (secondary N) is 1. The van der Waals surface area contributed by atoms with E-state index in [1.54, 1.807) is 6.07 Å². The Balaban J connectivity index is 1.77. The topological polar surface area (TPSA) is 64.6 Å². The van der Waals surface area contributed by atoms with Crippen LogP contribution >= 0.6 is 11.3 Å². The molecule has 1 atom stereocenters. The number of benzene rings is 2. The first-order valence-corrected chi connectivity index (χ1v) is 12.6. The Hall–Kier alpha value is -3.33. The van der Waals surface area contributed by atoms with E-state index in [4.69, 9.17) is 4.74 Å². The number of aryl methyl sites for hydroxylation is 2. The number of carbonyl (C=O) groups is 2. The van der Waals surface area contributed by atoms with E-state index < -0.39 is 17.7 Å². The first-order chi connectivity index (χ1) is 17.4. The van der Waals surface area contributed by atoms with E-state index in [1.165, 1.54) is 30.6 Å². The fourth-order valence-electron chi connectivity index (χ4n) is 4.04. The van der Waals surface area contributed by atoms with Gasteiger partial charge in [0, 0.05) is 11.4 Å². The van der Waals surface area contributed by atoms with Crippen LogP contribution in [0, 0.1) is 19.8 Å². The number of alkyl halides is 3. The van der Waals surface area contributed by atoms with Crippen LogP contribution in [0.15, 0.2) is 48.5 Å². The predicted molar refractivity (Wildman–Crippen MR) is 138 cm³/mol. The summed E-state index contributed by atoms with van der Waals surface area (Å²) in [5, 5.41) is 2.71. The smallest absolute Gasteiger partial charge is 0.416 e. The number of methoxy groups -OCH3 is 1. The summed E-state index contributed by atoms with van der Waals surface area (Å²) in [5.74, 6) is 0.0801. The minimum absolute atomic E-state index is 0.0966. The lowest BCUT2D eigenvalue weighted by atomic mass is 9.94. The molecule has 0 saturated carbocycles. The second-order valence-corrected chi connectivity index (χ2v) is 10.2. The standard InChI is InChI=1S/C28H30F3NO4S/c1-16(2)26(22-10-11-23(37-22)27(34)32-13-12-24(33)35-5)36-21-14-17(3)25(18(4)15-21)19-6-8-20(9-7-19)28(29,30)31/h6-11,14-16,26H,12-13H2,1-5H3,(H,32,34)/t26-/m1/s1. The summed E-state index contributed by atoms with van der Waals surface area (Å²) < 4.78 is 49.8. The van der Waals surface area contributed by atoms with Crippen molar-refractivity contribution in [3.05, 3.63) is 75.0 Å². The van der Waals surface area contributed by atoms with E-state index in [9.17, 15) is 22.8 Å². The Morgan fingerprint density at radius 3 is 2.16 bits per heavy atom. The highest BCUT2D eigenvalue weighted by Gasteiger charge is 2.30. The van der Waals surface area contributed by atoms with Gasteiger partial charge < -0.3 is 14.8 Å². The molecule has 2 aromatic carbocycles. The fourth-order valence-corrected chi connectivity index (χ4v) is 5.16. The molecule has 0 radical (unpaired) electrons. The van der Waals surface area contributed by atoms with Crippen LogP contribution in [0.3, 0.4) is 0 Å². The number of carbonyl (C=O) groups excluding carboxylic acids is 2. The van der Waals surface area contributed by atoms with Crippen LogP contribution in [0.4, 0.5) is 13.2 Å². The third-order valence-corrected chi connectivity index (χ3v) is 6.99. The number of rotatable bonds is 9. The maximum absolute atomic E-state index is 12.9. The SMILES string of the molecule is COC(=O)CCNC(=O)c1ccc([C@H](Oc2cc(C)c(-c3ccc(C(F)(F)F)cc3)c(C)c2)C(C)C)s1. The van der Waals surface area contributed by atoms with E-state index in [-0.39, 0.29) is 30.9 Å². The molecule has 37 heavy (non-hydrogen) atoms. The summed E-state index contributed by atoms with van der Waals surface area (Å²) in [6.45, 7) is 8.04. The van der Waals surface area contributed by atoms with Crippen LogP contribution in [-0.4, -0.2) is 25.5 Å². The van der Waals surface area contributed by atoms with Crippen molar-refractivity contribution in [3.63, 3.8) is 0 Å². The number of hydrogen-bond donors (Lipinski definition) is 1. The van der Waals surface area contributed by atoms with Crippen LogP contribution in [-0.2, 0) is 15.7 Å². The summed E-state index contributed by atoms with van der Waals surface area (Å²) in [6, 6.07) is 12.5. The third-order valence-electron chi connectivity index (χ3n) is 5.85. The number of amides is 1. The maximum Gasteiger partial charge on any atom is 0.416 e. The highest BCUT2D eigenvalue weighted by Crippen LogP contribution is 2.37. The summed E-state index contributed by atoms with van der Waals surface area (Å²) in [6.07, 6.45) is -4.59. The molecule has 3 aromatic rings. The van der Waals surface area contributed by atoms with Crippen molar-refractivity contribution in [1.82, 2.24) is 5.32 Å². The van der Waals surface area contributed by atoms with Gasteiger partial charge in [0.15, 0.2) is 0 Å². The van der Waals surface area contributed by atoms with Gasteiger partial charge in [-0.15, -0.1) is 11.3 Å². The van der Waals surface area contributed by atoms with Crippen LogP contribution < -0.4 is 10.1 Å². The number of esters is 1. The van der Waals surface area contributed by atoms with Gasteiger partial charge in [0.2, 0.25) is 0 Å². The summed E-state index contributed by atoms with van der Waals surface area (Å²) in [5.41, 5.74) is 2.65. The van der Waals surface area contributed by atoms with E-state index in [0.29, 0.717) is 16.2 Å². The summed E-state index contributed by atoms with van der Waals surface area (Å²) in [4.78, 5) is 25.1. The van der Waals surface area contributed by atoms with Crippen molar-refractivity contribution >= 4 is 23.2 Å². The highest BCUT2D eigenvalue weighted by atomic mass is 32.1. The largest absolute Gasteiger partial charge is 0.485 e. The van der Waals surface area contributed by atoms with Gasteiger partial charge in [-0.3, -0.25) is 9.59 Å². The Labute approximate surface area is 218 Å². The Kier molecular flexibility index (Phi) is 9.02. The molecule has 1 N–H and O–H groups in total. The maximum atomic E-state index is 12.9. The van der Waals surface area contributed by atoms with Gasteiger partial charge in [0.25, 0.3) is 5.91 Å². The second-order valence-electron chi connectivity index (χ2n) is 9.07. The van der Waals surface area contributed by atoms with Crippen molar-refractivity contribution in [2.45, 2.75) is 46.4 Å². The van der Waals surface area contributed by atoms with Gasteiger partial charge in [0.05, 0.1) is 24.0 Å². The summed E-state index contributed by atoms with van der Waals surface area (Å²) in [7, 11) is 1.30. The molecule has 0 unspecified atom stereocenters. The Morgan fingerprint density at radius 1 is 1.00 bits per heavy atom. The van der Waals surface area contributed by atoms with Gasteiger partial charge in [-0.05, 0) is 78.4 Å². The zero-order valence-electron chi connectivity index (χ0n) is 21.4. The lowest BCUT2D eigenvalue weighted by Gasteiger charge is -2.23. The molecule has 0 spiro atoms. The first-order valence-electron chi connectivity index (χ1n) is 11.8. The lowest BCUT2D eigenvalue weighted by Crippen LogP contribution is -2.25. The van der Waals surface area contributed by atoms with Crippen molar-refractivity contribution in [2.75, 3.05) is 13.7 Å². The minimum Gasteiger partial charge on any atom is -0.485 e. The van der Waals surface area contributed by atoms with Gasteiger partial charge in [0.1, 0.15) is 11.9 Å². The molecule has 1 heterocycles. The Morgan fingerprint density at radius 2 is 1.62 bits per heavy atom. The van der Waals surface area contributed by atoms with E-state index in [1.807, 2.05) is 45.9 Å². The number of thiophene rings is 1. The number of halogens is 3. The zero-order valence-corrected chi connectivity index (χ0v) is 22.2. The molecule has 3 rings (SSSR count). The quantitative estimate of drug-likeness (QED) is 0.298. The molecule has 0 aliphatic heterocycles. The van der Waals surface area contributed by atoms with Crippen LogP contribution in [0.5, 0.6) is 5.75 Å². The second kappa shape index (κ2) is 11.8. The average Bonchev–Trinajstić information content (AvgIpc) is 3.31. The zero-order chi connectivity index (χ0) is 27.3. The van der Waals surface area contributed by atoms with Gasteiger partial charge in [-0.2, -0.15) is 13.2 Å². The number of ether oxygens (including phenoxy) is 2. The normalized spacial score (nSPS) is 12.4. The van der Waals surface area contributed by atoms with Crippen LogP contribution in [0.25, 0.3) is 11.1 Å². The molecule has 0 aliphatic carbocycles. The molecule has 0 bridgehead atoms. The minimum atomic E-state index is -4.38. The van der Waals surface area contributed by atoms with Crippen LogP contribution in [0.1, 0.15) is 57.6 Å². The van der Waals surface area contributed by atoms with Gasteiger partial charge >= 0.3 is 12.1 Å².